The number of hydrogen-bond donors (Lipinski definition) is 0. The van der Waals surface area contributed by atoms with Crippen LogP contribution in [0.2, 0.25) is 0 Å². The highest BCUT2D eigenvalue weighted by Gasteiger charge is 2.17. The van der Waals surface area contributed by atoms with Crippen molar-refractivity contribution < 1.29 is 0 Å². The molecule has 0 aliphatic heterocycles. The van der Waals surface area contributed by atoms with Gasteiger partial charge in [0, 0.05) is 30.9 Å². The Kier molecular flexibility index (Phi) is 1.96. The van der Waals surface area contributed by atoms with Gasteiger partial charge >= 0.3 is 0 Å². The summed E-state index contributed by atoms with van der Waals surface area (Å²) in [7, 11) is 1.88. The molecule has 0 radical (unpaired) electrons. The molecule has 0 saturated carbocycles. The minimum atomic E-state index is -0.0990. The van der Waals surface area contributed by atoms with Crippen LogP contribution in [0.4, 0.5) is 0 Å². The van der Waals surface area contributed by atoms with E-state index in [1.807, 2.05) is 38.6 Å². The van der Waals surface area contributed by atoms with E-state index in [0.717, 1.165) is 5.69 Å². The SMILES string of the molecule is Cn1ccn2c(=O)cc(C(C)(C)C)nc12. The summed E-state index contributed by atoms with van der Waals surface area (Å²) >= 11 is 0. The fraction of sp³-hybridized carbons (Fsp3) is 0.455. The van der Waals surface area contributed by atoms with Gasteiger partial charge in [-0.05, 0) is 0 Å². The van der Waals surface area contributed by atoms with Gasteiger partial charge in [-0.2, -0.15) is 0 Å². The molecule has 4 heteroatoms. The van der Waals surface area contributed by atoms with Gasteiger partial charge < -0.3 is 4.57 Å². The van der Waals surface area contributed by atoms with Crippen LogP contribution in [0.25, 0.3) is 5.78 Å². The molecule has 0 unspecified atom stereocenters. The topological polar surface area (TPSA) is 39.3 Å². The molecule has 0 saturated heterocycles. The summed E-state index contributed by atoms with van der Waals surface area (Å²) in [4.78, 5) is 16.3. The van der Waals surface area contributed by atoms with E-state index >= 15 is 0 Å². The van der Waals surface area contributed by atoms with E-state index in [2.05, 4.69) is 4.98 Å². The molecular formula is C11H15N3O. The van der Waals surface area contributed by atoms with Gasteiger partial charge in [0.2, 0.25) is 5.78 Å². The first-order valence-corrected chi connectivity index (χ1v) is 4.95. The highest BCUT2D eigenvalue weighted by Crippen LogP contribution is 2.18. The Balaban J connectivity index is 2.82. The third kappa shape index (κ3) is 1.56. The van der Waals surface area contributed by atoms with E-state index in [9.17, 15) is 4.79 Å². The van der Waals surface area contributed by atoms with E-state index in [1.54, 1.807) is 16.7 Å². The first kappa shape index (κ1) is 9.96. The zero-order chi connectivity index (χ0) is 11.2. The number of nitrogens with zero attached hydrogens (tertiary/aromatic N) is 3. The second kappa shape index (κ2) is 2.95. The monoisotopic (exact) mass is 205 g/mol. The van der Waals surface area contributed by atoms with E-state index in [-0.39, 0.29) is 11.0 Å². The summed E-state index contributed by atoms with van der Waals surface area (Å²) in [5.74, 6) is 0.687. The number of aryl methyl sites for hydroxylation is 1. The van der Waals surface area contributed by atoms with Crippen LogP contribution in [0.3, 0.4) is 0 Å². The van der Waals surface area contributed by atoms with Crippen molar-refractivity contribution in [1.29, 1.82) is 0 Å². The number of imidazole rings is 1. The van der Waals surface area contributed by atoms with Crippen LogP contribution in [0, 0.1) is 0 Å². The predicted octanol–water partition coefficient (Wildman–Crippen LogP) is 1.33. The highest BCUT2D eigenvalue weighted by atomic mass is 16.1. The summed E-state index contributed by atoms with van der Waals surface area (Å²) in [6.45, 7) is 6.15. The zero-order valence-electron chi connectivity index (χ0n) is 9.48. The van der Waals surface area contributed by atoms with Crippen LogP contribution in [0.5, 0.6) is 0 Å². The summed E-state index contributed by atoms with van der Waals surface area (Å²) < 4.78 is 3.39. The molecule has 2 aromatic rings. The second-order valence-corrected chi connectivity index (χ2v) is 4.81. The quantitative estimate of drug-likeness (QED) is 0.651. The van der Waals surface area contributed by atoms with Crippen molar-refractivity contribution in [1.82, 2.24) is 14.0 Å². The standard InChI is InChI=1S/C11H15N3O/c1-11(2,3)8-7-9(15)14-6-5-13(4)10(14)12-8/h5-7H,1-4H3. The Labute approximate surface area is 88.2 Å². The Morgan fingerprint density at radius 2 is 1.93 bits per heavy atom. The molecule has 0 amide bonds. The molecule has 0 bridgehead atoms. The van der Waals surface area contributed by atoms with Crippen LogP contribution in [0.1, 0.15) is 26.5 Å². The maximum absolute atomic E-state index is 11.8. The summed E-state index contributed by atoms with van der Waals surface area (Å²) in [5.41, 5.74) is 0.706. The lowest BCUT2D eigenvalue weighted by atomic mass is 9.92. The van der Waals surface area contributed by atoms with Crippen LogP contribution in [-0.4, -0.2) is 14.0 Å². The lowest BCUT2D eigenvalue weighted by Gasteiger charge is -2.17. The Hall–Kier alpha value is -1.58. The smallest absolute Gasteiger partial charge is 0.259 e. The fourth-order valence-electron chi connectivity index (χ4n) is 1.49. The van der Waals surface area contributed by atoms with Gasteiger partial charge in [-0.15, -0.1) is 0 Å². The van der Waals surface area contributed by atoms with Crippen molar-refractivity contribution in [2.45, 2.75) is 26.2 Å². The maximum atomic E-state index is 11.8. The Morgan fingerprint density at radius 3 is 2.53 bits per heavy atom. The average Bonchev–Trinajstić information content (AvgIpc) is 2.47. The van der Waals surface area contributed by atoms with Crippen LogP contribution < -0.4 is 5.56 Å². The normalized spacial score (nSPS) is 12.3. The fourth-order valence-corrected chi connectivity index (χ4v) is 1.49. The predicted molar refractivity (Wildman–Crippen MR) is 59.1 cm³/mol. The minimum absolute atomic E-state index is 0.0227. The largest absolute Gasteiger partial charge is 0.320 e. The molecule has 2 aromatic heterocycles. The average molecular weight is 205 g/mol. The van der Waals surface area contributed by atoms with E-state index < -0.39 is 0 Å². The molecule has 0 atom stereocenters. The van der Waals surface area contributed by atoms with Gasteiger partial charge in [-0.3, -0.25) is 9.20 Å². The van der Waals surface area contributed by atoms with Crippen molar-refractivity contribution in [2.75, 3.05) is 0 Å². The number of fused-ring (bicyclic) bond motifs is 1. The molecule has 0 N–H and O–H groups in total. The molecule has 0 aromatic carbocycles. The van der Waals surface area contributed by atoms with Gasteiger partial charge in [0.05, 0.1) is 5.69 Å². The molecule has 0 aliphatic rings. The molecule has 4 nitrogen and oxygen atoms in total. The first-order valence-electron chi connectivity index (χ1n) is 4.95. The number of aromatic nitrogens is 3. The van der Waals surface area contributed by atoms with Gasteiger partial charge in [0.1, 0.15) is 0 Å². The molecular weight excluding hydrogens is 190 g/mol. The number of hydrogen-bond acceptors (Lipinski definition) is 2. The van der Waals surface area contributed by atoms with Crippen molar-refractivity contribution in [3.8, 4) is 0 Å². The van der Waals surface area contributed by atoms with Crippen LogP contribution in [-0.2, 0) is 12.5 Å². The van der Waals surface area contributed by atoms with Gasteiger partial charge in [-0.1, -0.05) is 20.8 Å². The third-order valence-electron chi connectivity index (χ3n) is 2.46. The lowest BCUT2D eigenvalue weighted by Crippen LogP contribution is -2.21. The molecule has 2 heterocycles. The molecule has 0 spiro atoms. The van der Waals surface area contributed by atoms with E-state index in [0.29, 0.717) is 5.78 Å². The third-order valence-corrected chi connectivity index (χ3v) is 2.46. The van der Waals surface area contributed by atoms with Gasteiger partial charge in [-0.25, -0.2) is 4.98 Å². The Bertz CT molecular complexity index is 557. The van der Waals surface area contributed by atoms with Crippen molar-refractivity contribution in [3.05, 3.63) is 34.5 Å². The molecule has 2 rings (SSSR count). The van der Waals surface area contributed by atoms with Crippen LogP contribution >= 0.6 is 0 Å². The van der Waals surface area contributed by atoms with Gasteiger partial charge in [0.25, 0.3) is 5.56 Å². The summed E-state index contributed by atoms with van der Waals surface area (Å²) in [5, 5.41) is 0. The first-order chi connectivity index (χ1) is 6.89. The maximum Gasteiger partial charge on any atom is 0.259 e. The summed E-state index contributed by atoms with van der Waals surface area (Å²) in [6.07, 6.45) is 3.56. The number of rotatable bonds is 0. The lowest BCUT2D eigenvalue weighted by molar-refractivity contribution is 0.566. The molecule has 15 heavy (non-hydrogen) atoms. The van der Waals surface area contributed by atoms with Crippen molar-refractivity contribution >= 4 is 5.78 Å². The van der Waals surface area contributed by atoms with Crippen LogP contribution in [0.15, 0.2) is 23.3 Å². The van der Waals surface area contributed by atoms with Gasteiger partial charge in [0.15, 0.2) is 0 Å². The summed E-state index contributed by atoms with van der Waals surface area (Å²) in [6, 6.07) is 1.60. The van der Waals surface area contributed by atoms with Crippen molar-refractivity contribution in [2.24, 2.45) is 7.05 Å². The Morgan fingerprint density at radius 1 is 1.27 bits per heavy atom. The minimum Gasteiger partial charge on any atom is -0.320 e. The zero-order valence-corrected chi connectivity index (χ0v) is 9.48. The van der Waals surface area contributed by atoms with E-state index in [1.165, 1.54) is 0 Å². The van der Waals surface area contributed by atoms with E-state index in [4.69, 9.17) is 0 Å². The molecule has 0 aliphatic carbocycles. The molecule has 80 valence electrons. The highest BCUT2D eigenvalue weighted by molar-refractivity contribution is 5.32. The second-order valence-electron chi connectivity index (χ2n) is 4.81. The molecule has 0 fully saturated rings. The van der Waals surface area contributed by atoms with Crippen molar-refractivity contribution in [3.63, 3.8) is 0 Å².